The fourth-order valence-electron chi connectivity index (χ4n) is 1.74. The summed E-state index contributed by atoms with van der Waals surface area (Å²) in [4.78, 5) is 24.6. The lowest BCUT2D eigenvalue weighted by atomic mass is 10.1. The zero-order valence-corrected chi connectivity index (χ0v) is 11.2. The summed E-state index contributed by atoms with van der Waals surface area (Å²) in [5.41, 5.74) is 0. The number of piperidine rings is 1. The maximum absolute atomic E-state index is 11.4. The summed E-state index contributed by atoms with van der Waals surface area (Å²) in [6.07, 6.45) is 1.27. The Morgan fingerprint density at radius 3 is 2.53 bits per heavy atom. The molecule has 1 fully saturated rings. The van der Waals surface area contributed by atoms with E-state index in [2.05, 4.69) is 17.9 Å². The van der Waals surface area contributed by atoms with Crippen molar-refractivity contribution < 1.29 is 14.3 Å². The van der Waals surface area contributed by atoms with Crippen molar-refractivity contribution in [1.29, 1.82) is 0 Å². The summed E-state index contributed by atoms with van der Waals surface area (Å²) in [7, 11) is 0. The van der Waals surface area contributed by atoms with Gasteiger partial charge in [0, 0.05) is 19.1 Å². The number of hydrogen-bond acceptors (Lipinski definition) is 4. The number of nitrogens with one attached hydrogen (secondary N) is 1. The monoisotopic (exact) mass is 260 g/mol. The van der Waals surface area contributed by atoms with Crippen molar-refractivity contribution in [2.24, 2.45) is 0 Å². The number of likely N-dealkylation sites (tertiary alicyclic amines) is 1. The maximum atomic E-state index is 11.4. The molecule has 0 aliphatic carbocycles. The van der Waals surface area contributed by atoms with Crippen molar-refractivity contribution in [3.05, 3.63) is 0 Å². The standard InChI is InChI=1S/C11H20N2O3S/c1-3-16-11(15)13-6-4-9(5-7-13)12-10(14)8(2)17/h8-9,17H,3-7H2,1-2H3,(H,12,14). The van der Waals surface area contributed by atoms with Gasteiger partial charge in [0.05, 0.1) is 11.9 Å². The Morgan fingerprint density at radius 2 is 2.06 bits per heavy atom. The number of amides is 2. The molecule has 0 saturated carbocycles. The largest absolute Gasteiger partial charge is 0.450 e. The highest BCUT2D eigenvalue weighted by atomic mass is 32.1. The van der Waals surface area contributed by atoms with Gasteiger partial charge in [-0.2, -0.15) is 12.6 Å². The summed E-state index contributed by atoms with van der Waals surface area (Å²) in [5, 5.41) is 2.62. The minimum Gasteiger partial charge on any atom is -0.450 e. The molecule has 6 heteroatoms. The van der Waals surface area contributed by atoms with Crippen LogP contribution in [0.1, 0.15) is 26.7 Å². The van der Waals surface area contributed by atoms with Gasteiger partial charge in [0.2, 0.25) is 5.91 Å². The Balaban J connectivity index is 2.31. The van der Waals surface area contributed by atoms with Crippen molar-refractivity contribution in [3.8, 4) is 0 Å². The number of hydrogen-bond donors (Lipinski definition) is 2. The van der Waals surface area contributed by atoms with Crippen molar-refractivity contribution in [2.45, 2.75) is 38.0 Å². The second-order valence-electron chi connectivity index (χ2n) is 4.14. The number of rotatable bonds is 3. The Hall–Kier alpha value is -0.910. The van der Waals surface area contributed by atoms with E-state index in [1.165, 1.54) is 0 Å². The zero-order chi connectivity index (χ0) is 12.8. The third-order valence-electron chi connectivity index (χ3n) is 2.75. The SMILES string of the molecule is CCOC(=O)N1CCC(NC(=O)C(C)S)CC1. The molecular formula is C11H20N2O3S. The molecule has 98 valence electrons. The highest BCUT2D eigenvalue weighted by molar-refractivity contribution is 7.81. The van der Waals surface area contributed by atoms with Gasteiger partial charge < -0.3 is 15.0 Å². The van der Waals surface area contributed by atoms with Crippen molar-refractivity contribution in [2.75, 3.05) is 19.7 Å². The molecule has 1 heterocycles. The molecule has 0 spiro atoms. The van der Waals surface area contributed by atoms with E-state index in [0.29, 0.717) is 19.7 Å². The van der Waals surface area contributed by atoms with Crippen LogP contribution in [0.25, 0.3) is 0 Å². The van der Waals surface area contributed by atoms with Gasteiger partial charge in [0.15, 0.2) is 0 Å². The Bertz CT molecular complexity index is 276. The second-order valence-corrected chi connectivity index (χ2v) is 4.92. The van der Waals surface area contributed by atoms with Crippen LogP contribution >= 0.6 is 12.6 Å². The maximum Gasteiger partial charge on any atom is 0.409 e. The lowest BCUT2D eigenvalue weighted by molar-refractivity contribution is -0.121. The van der Waals surface area contributed by atoms with Crippen LogP contribution in [-0.2, 0) is 9.53 Å². The zero-order valence-electron chi connectivity index (χ0n) is 10.3. The number of nitrogens with zero attached hydrogens (tertiary/aromatic N) is 1. The molecule has 0 aromatic heterocycles. The van der Waals surface area contributed by atoms with Gasteiger partial charge in [0.1, 0.15) is 0 Å². The minimum atomic E-state index is -0.293. The van der Waals surface area contributed by atoms with E-state index in [1.54, 1.807) is 18.7 Å². The third-order valence-corrected chi connectivity index (χ3v) is 2.98. The van der Waals surface area contributed by atoms with Gasteiger partial charge in [-0.25, -0.2) is 4.79 Å². The number of carbonyl (C=O) groups is 2. The Kier molecular flexibility index (Phi) is 5.61. The van der Waals surface area contributed by atoms with Crippen LogP contribution in [0.5, 0.6) is 0 Å². The highest BCUT2D eigenvalue weighted by Crippen LogP contribution is 2.12. The molecule has 0 aromatic carbocycles. The van der Waals surface area contributed by atoms with Crippen molar-refractivity contribution in [3.63, 3.8) is 0 Å². The normalized spacial score (nSPS) is 18.6. The predicted octanol–water partition coefficient (Wildman–Crippen LogP) is 1.04. The second kappa shape index (κ2) is 6.74. The molecule has 0 bridgehead atoms. The topological polar surface area (TPSA) is 58.6 Å². The van der Waals surface area contributed by atoms with Gasteiger partial charge in [-0.3, -0.25) is 4.79 Å². The van der Waals surface area contributed by atoms with E-state index in [4.69, 9.17) is 4.74 Å². The number of thiol groups is 1. The molecule has 1 N–H and O–H groups in total. The molecule has 17 heavy (non-hydrogen) atoms. The fourth-order valence-corrected chi connectivity index (χ4v) is 1.82. The summed E-state index contributed by atoms with van der Waals surface area (Å²) in [6.45, 7) is 5.19. The average Bonchev–Trinajstić information content (AvgIpc) is 2.30. The van der Waals surface area contributed by atoms with Gasteiger partial charge >= 0.3 is 6.09 Å². The lowest BCUT2D eigenvalue weighted by Gasteiger charge is -2.31. The molecule has 2 amide bonds. The van der Waals surface area contributed by atoms with Crippen LogP contribution in [-0.4, -0.2) is 47.9 Å². The quantitative estimate of drug-likeness (QED) is 0.746. The predicted molar refractivity (Wildman–Crippen MR) is 68.2 cm³/mol. The molecule has 1 aliphatic rings. The number of ether oxygens (including phenoxy) is 1. The third kappa shape index (κ3) is 4.46. The summed E-state index contributed by atoms with van der Waals surface area (Å²) in [6, 6.07) is 0.141. The number of carbonyl (C=O) groups excluding carboxylic acids is 2. The van der Waals surface area contributed by atoms with Crippen molar-refractivity contribution >= 4 is 24.6 Å². The summed E-state index contributed by atoms with van der Waals surface area (Å²) in [5.74, 6) is -0.0529. The first kappa shape index (κ1) is 14.2. The van der Waals surface area contributed by atoms with Gasteiger partial charge in [-0.1, -0.05) is 0 Å². The fraction of sp³-hybridized carbons (Fsp3) is 0.818. The average molecular weight is 260 g/mol. The molecule has 1 atom stereocenters. The first-order valence-corrected chi connectivity index (χ1v) is 6.46. The molecule has 1 aliphatic heterocycles. The van der Waals surface area contributed by atoms with Gasteiger partial charge in [-0.15, -0.1) is 0 Å². The molecule has 1 unspecified atom stereocenters. The van der Waals surface area contributed by atoms with Crippen LogP contribution in [0.3, 0.4) is 0 Å². The first-order chi connectivity index (χ1) is 8.04. The van der Waals surface area contributed by atoms with E-state index in [-0.39, 0.29) is 23.3 Å². The van der Waals surface area contributed by atoms with Crippen LogP contribution in [0.4, 0.5) is 4.79 Å². The minimum absolute atomic E-state index is 0.0529. The molecular weight excluding hydrogens is 240 g/mol. The van der Waals surface area contributed by atoms with E-state index in [1.807, 2.05) is 0 Å². The molecule has 1 saturated heterocycles. The van der Waals surface area contributed by atoms with Gasteiger partial charge in [0.25, 0.3) is 0 Å². The van der Waals surface area contributed by atoms with E-state index in [9.17, 15) is 9.59 Å². The van der Waals surface area contributed by atoms with Crippen LogP contribution in [0.2, 0.25) is 0 Å². The summed E-state index contributed by atoms with van der Waals surface area (Å²) < 4.78 is 4.92. The van der Waals surface area contributed by atoms with Crippen LogP contribution in [0.15, 0.2) is 0 Å². The van der Waals surface area contributed by atoms with E-state index >= 15 is 0 Å². The summed E-state index contributed by atoms with van der Waals surface area (Å²) >= 11 is 4.07. The highest BCUT2D eigenvalue weighted by Gasteiger charge is 2.24. The molecule has 0 radical (unpaired) electrons. The Labute approximate surface area is 107 Å². The van der Waals surface area contributed by atoms with Crippen LogP contribution < -0.4 is 5.32 Å². The van der Waals surface area contributed by atoms with Gasteiger partial charge in [-0.05, 0) is 26.7 Å². The smallest absolute Gasteiger partial charge is 0.409 e. The first-order valence-electron chi connectivity index (χ1n) is 5.94. The van der Waals surface area contributed by atoms with E-state index in [0.717, 1.165) is 12.8 Å². The molecule has 1 rings (SSSR count). The van der Waals surface area contributed by atoms with E-state index < -0.39 is 0 Å². The molecule has 0 aromatic rings. The van der Waals surface area contributed by atoms with Crippen LogP contribution in [0, 0.1) is 0 Å². The Morgan fingerprint density at radius 1 is 1.47 bits per heavy atom. The molecule has 5 nitrogen and oxygen atoms in total. The van der Waals surface area contributed by atoms with Crippen molar-refractivity contribution in [1.82, 2.24) is 10.2 Å². The lowest BCUT2D eigenvalue weighted by Crippen LogP contribution is -2.48.